The number of carbonyl (C=O) groups excluding carboxylic acids is 2. The first-order chi connectivity index (χ1) is 14.9. The zero-order chi connectivity index (χ0) is 22.0. The van der Waals surface area contributed by atoms with Gasteiger partial charge in [-0.2, -0.15) is 4.98 Å². The van der Waals surface area contributed by atoms with Gasteiger partial charge in [-0.25, -0.2) is 9.18 Å². The SMILES string of the molecule is [CH2][C@H]1CN(c2ccc(-c3ccc(-c4noc(COC(=O)CN)n4)nc3)c(F)c2)C(=O)O1. The van der Waals surface area contributed by atoms with Crippen molar-refractivity contribution in [2.45, 2.75) is 12.7 Å². The lowest BCUT2D eigenvalue weighted by Gasteiger charge is -2.14. The Balaban J connectivity index is 1.49. The molecule has 0 saturated carbocycles. The van der Waals surface area contributed by atoms with Crippen LogP contribution in [-0.4, -0.2) is 46.4 Å². The fraction of sp³-hybridized carbons (Fsp3) is 0.200. The summed E-state index contributed by atoms with van der Waals surface area (Å²) in [4.78, 5) is 32.5. The number of cyclic esters (lactones) is 1. The van der Waals surface area contributed by atoms with Gasteiger partial charge >= 0.3 is 12.1 Å². The Morgan fingerprint density at radius 2 is 2.19 bits per heavy atom. The number of amides is 1. The molecular weight excluding hydrogens is 409 g/mol. The van der Waals surface area contributed by atoms with Gasteiger partial charge in [0.2, 0.25) is 5.82 Å². The Morgan fingerprint density at radius 1 is 1.35 bits per heavy atom. The molecule has 3 heterocycles. The van der Waals surface area contributed by atoms with E-state index in [1.54, 1.807) is 24.3 Å². The number of ether oxygens (including phenoxy) is 2. The van der Waals surface area contributed by atoms with Crippen molar-refractivity contribution in [2.24, 2.45) is 5.73 Å². The molecule has 31 heavy (non-hydrogen) atoms. The van der Waals surface area contributed by atoms with Crippen LogP contribution in [0, 0.1) is 12.7 Å². The lowest BCUT2D eigenvalue weighted by Crippen LogP contribution is -2.24. The molecule has 159 valence electrons. The van der Waals surface area contributed by atoms with Crippen molar-refractivity contribution in [1.82, 2.24) is 15.1 Å². The van der Waals surface area contributed by atoms with Gasteiger partial charge in [-0.1, -0.05) is 11.2 Å². The quantitative estimate of drug-likeness (QED) is 0.588. The molecule has 4 rings (SSSR count). The number of benzene rings is 1. The number of hydrogen-bond donors (Lipinski definition) is 1. The van der Waals surface area contributed by atoms with Crippen LogP contribution < -0.4 is 10.6 Å². The Kier molecular flexibility index (Phi) is 5.58. The monoisotopic (exact) mass is 426 g/mol. The van der Waals surface area contributed by atoms with Crippen LogP contribution in [0.25, 0.3) is 22.6 Å². The van der Waals surface area contributed by atoms with E-state index in [2.05, 4.69) is 22.0 Å². The number of anilines is 1. The second-order valence-corrected chi connectivity index (χ2v) is 6.59. The maximum Gasteiger partial charge on any atom is 0.414 e. The molecule has 1 amide bonds. The van der Waals surface area contributed by atoms with Crippen molar-refractivity contribution in [3.63, 3.8) is 0 Å². The van der Waals surface area contributed by atoms with Crippen molar-refractivity contribution in [3.05, 3.63) is 55.2 Å². The van der Waals surface area contributed by atoms with Gasteiger partial charge in [-0.3, -0.25) is 14.7 Å². The summed E-state index contributed by atoms with van der Waals surface area (Å²) in [5.74, 6) is -0.829. The van der Waals surface area contributed by atoms with Crippen molar-refractivity contribution in [3.8, 4) is 22.6 Å². The van der Waals surface area contributed by atoms with E-state index in [-0.39, 0.29) is 31.4 Å². The van der Waals surface area contributed by atoms with E-state index in [4.69, 9.17) is 19.7 Å². The highest BCUT2D eigenvalue weighted by Crippen LogP contribution is 2.29. The molecule has 0 unspecified atom stereocenters. The van der Waals surface area contributed by atoms with Crippen LogP contribution in [0.3, 0.4) is 0 Å². The van der Waals surface area contributed by atoms with Crippen LogP contribution in [0.5, 0.6) is 0 Å². The summed E-state index contributed by atoms with van der Waals surface area (Å²) >= 11 is 0. The van der Waals surface area contributed by atoms with Crippen molar-refractivity contribution >= 4 is 17.7 Å². The highest BCUT2D eigenvalue weighted by molar-refractivity contribution is 5.90. The van der Waals surface area contributed by atoms with Gasteiger partial charge in [0, 0.05) is 17.3 Å². The Morgan fingerprint density at radius 3 is 2.84 bits per heavy atom. The van der Waals surface area contributed by atoms with Crippen LogP contribution in [-0.2, 0) is 20.9 Å². The van der Waals surface area contributed by atoms with E-state index in [0.29, 0.717) is 22.5 Å². The fourth-order valence-corrected chi connectivity index (χ4v) is 2.94. The number of carbonyl (C=O) groups is 2. The van der Waals surface area contributed by atoms with Gasteiger partial charge in [0.15, 0.2) is 6.61 Å². The lowest BCUT2D eigenvalue weighted by atomic mass is 10.1. The number of aromatic nitrogens is 3. The van der Waals surface area contributed by atoms with Gasteiger partial charge in [-0.05, 0) is 31.2 Å². The predicted molar refractivity (Wildman–Crippen MR) is 105 cm³/mol. The third-order valence-electron chi connectivity index (χ3n) is 4.43. The molecule has 2 N–H and O–H groups in total. The molecule has 10 nitrogen and oxygen atoms in total. The van der Waals surface area contributed by atoms with Crippen molar-refractivity contribution in [1.29, 1.82) is 0 Å². The molecule has 0 bridgehead atoms. The summed E-state index contributed by atoms with van der Waals surface area (Å²) in [5, 5.41) is 3.78. The second-order valence-electron chi connectivity index (χ2n) is 6.59. The molecule has 1 aliphatic rings. The molecule has 1 saturated heterocycles. The summed E-state index contributed by atoms with van der Waals surface area (Å²) in [6, 6.07) is 7.70. The molecule has 2 aromatic heterocycles. The lowest BCUT2D eigenvalue weighted by molar-refractivity contribution is -0.143. The maximum absolute atomic E-state index is 14.7. The molecule has 11 heteroatoms. The van der Waals surface area contributed by atoms with E-state index in [1.165, 1.54) is 17.2 Å². The largest absolute Gasteiger partial charge is 0.455 e. The molecule has 0 aliphatic carbocycles. The fourth-order valence-electron chi connectivity index (χ4n) is 2.94. The van der Waals surface area contributed by atoms with Gasteiger partial charge in [0.1, 0.15) is 17.6 Å². The highest BCUT2D eigenvalue weighted by Gasteiger charge is 2.29. The molecule has 1 atom stereocenters. The van der Waals surface area contributed by atoms with E-state index >= 15 is 0 Å². The minimum Gasteiger partial charge on any atom is -0.455 e. The third-order valence-corrected chi connectivity index (χ3v) is 4.43. The number of pyridine rings is 1. The van der Waals surface area contributed by atoms with E-state index in [1.807, 2.05) is 0 Å². The molecule has 1 fully saturated rings. The zero-order valence-corrected chi connectivity index (χ0v) is 16.2. The minimum atomic E-state index is -0.594. The number of nitrogens with two attached hydrogens (primary N) is 1. The third kappa shape index (κ3) is 4.36. The average Bonchev–Trinajstić information content (AvgIpc) is 3.38. The first-order valence-corrected chi connectivity index (χ1v) is 9.20. The van der Waals surface area contributed by atoms with Gasteiger partial charge in [0.25, 0.3) is 5.89 Å². The molecule has 1 aromatic carbocycles. The van der Waals surface area contributed by atoms with E-state index in [9.17, 15) is 14.0 Å². The van der Waals surface area contributed by atoms with Crippen LogP contribution in [0.2, 0.25) is 0 Å². The summed E-state index contributed by atoms with van der Waals surface area (Å²) < 4.78 is 29.5. The summed E-state index contributed by atoms with van der Waals surface area (Å²) in [7, 11) is 0. The molecule has 1 aliphatic heterocycles. The smallest absolute Gasteiger partial charge is 0.414 e. The Labute approximate surface area is 175 Å². The second kappa shape index (κ2) is 8.48. The summed E-state index contributed by atoms with van der Waals surface area (Å²) in [6.45, 7) is 3.49. The maximum atomic E-state index is 14.7. The average molecular weight is 426 g/mol. The molecule has 3 aromatic rings. The van der Waals surface area contributed by atoms with Gasteiger partial charge < -0.3 is 19.7 Å². The van der Waals surface area contributed by atoms with Crippen molar-refractivity contribution < 1.29 is 28.0 Å². The predicted octanol–water partition coefficient (Wildman–Crippen LogP) is 2.10. The molecule has 1 radical (unpaired) electrons. The number of rotatable bonds is 6. The first kappa shape index (κ1) is 20.4. The molecular formula is C20H17FN5O5. The zero-order valence-electron chi connectivity index (χ0n) is 16.2. The first-order valence-electron chi connectivity index (χ1n) is 9.20. The van der Waals surface area contributed by atoms with Crippen LogP contribution in [0.15, 0.2) is 41.1 Å². The van der Waals surface area contributed by atoms with Gasteiger partial charge in [-0.15, -0.1) is 0 Å². The van der Waals surface area contributed by atoms with E-state index in [0.717, 1.165) is 0 Å². The number of nitrogens with zero attached hydrogens (tertiary/aromatic N) is 4. The highest BCUT2D eigenvalue weighted by atomic mass is 19.1. The van der Waals surface area contributed by atoms with Crippen LogP contribution >= 0.6 is 0 Å². The number of esters is 1. The Bertz CT molecular complexity index is 1120. The molecule has 0 spiro atoms. The number of halogens is 1. The van der Waals surface area contributed by atoms with Gasteiger partial charge in [0.05, 0.1) is 18.8 Å². The normalized spacial score (nSPS) is 15.8. The standard InChI is InChI=1S/C20H17FN5O5/c1-11-9-26(20(28)30-11)13-3-4-14(15(21)6-13)12-2-5-16(23-8-12)19-24-17(31-25-19)10-29-18(27)7-22/h2-6,8,11H,1,7,9-10,22H2/t11-/m0/s1. The van der Waals surface area contributed by atoms with Crippen LogP contribution in [0.4, 0.5) is 14.9 Å². The number of hydrogen-bond acceptors (Lipinski definition) is 9. The topological polar surface area (TPSA) is 134 Å². The Hall–Kier alpha value is -3.86. The van der Waals surface area contributed by atoms with E-state index < -0.39 is 24.0 Å². The summed E-state index contributed by atoms with van der Waals surface area (Å²) in [5.41, 5.74) is 6.76. The van der Waals surface area contributed by atoms with Crippen LogP contribution in [0.1, 0.15) is 5.89 Å². The summed E-state index contributed by atoms with van der Waals surface area (Å²) in [6.07, 6.45) is 0.411. The minimum absolute atomic E-state index is 0.0919. The van der Waals surface area contributed by atoms with Crippen molar-refractivity contribution in [2.75, 3.05) is 18.0 Å².